The van der Waals surface area contributed by atoms with E-state index in [1.165, 1.54) is 0 Å². The summed E-state index contributed by atoms with van der Waals surface area (Å²) in [5.41, 5.74) is 2.76. The summed E-state index contributed by atoms with van der Waals surface area (Å²) in [4.78, 5) is 22.9. The first kappa shape index (κ1) is 20.9. The highest BCUT2D eigenvalue weighted by molar-refractivity contribution is 5.76. The van der Waals surface area contributed by atoms with Crippen molar-refractivity contribution in [3.63, 3.8) is 0 Å². The molecule has 0 amide bonds. The molecule has 1 N–H and O–H groups in total. The summed E-state index contributed by atoms with van der Waals surface area (Å²) in [6, 6.07) is 8.85. The van der Waals surface area contributed by atoms with Gasteiger partial charge in [-0.3, -0.25) is 19.7 Å². The number of carbonyl (C=O) groups is 1. The molecule has 160 valence electrons. The fourth-order valence-corrected chi connectivity index (χ4v) is 4.62. The molecule has 3 heterocycles. The average molecular weight is 412 g/mol. The second-order valence-corrected chi connectivity index (χ2v) is 8.62. The molecule has 30 heavy (non-hydrogen) atoms. The molecule has 3 unspecified atom stereocenters. The van der Waals surface area contributed by atoms with E-state index in [9.17, 15) is 14.3 Å². The van der Waals surface area contributed by atoms with Crippen LogP contribution in [-0.2, 0) is 11.2 Å². The molecule has 0 aromatic carbocycles. The van der Waals surface area contributed by atoms with E-state index in [0.717, 1.165) is 49.1 Å². The maximum absolute atomic E-state index is 14.9. The number of carboxylic acids is 1. The Hall–Kier alpha value is -2.34. The summed E-state index contributed by atoms with van der Waals surface area (Å²) in [7, 11) is 0. The highest BCUT2D eigenvalue weighted by Gasteiger charge is 2.39. The third-order valence-electron chi connectivity index (χ3n) is 6.39. The van der Waals surface area contributed by atoms with Gasteiger partial charge in [0.05, 0.1) is 0 Å². The first-order chi connectivity index (χ1) is 14.6. The van der Waals surface area contributed by atoms with Gasteiger partial charge in [0.2, 0.25) is 0 Å². The fourth-order valence-electron chi connectivity index (χ4n) is 4.62. The molecule has 1 aliphatic carbocycles. The van der Waals surface area contributed by atoms with Gasteiger partial charge in [0.1, 0.15) is 12.2 Å². The number of alkyl halides is 1. The van der Waals surface area contributed by atoms with Gasteiger partial charge in [0, 0.05) is 47.7 Å². The molecule has 2 fully saturated rings. The van der Waals surface area contributed by atoms with E-state index in [1.807, 2.05) is 35.2 Å². The molecule has 2 aliphatic rings. The molecule has 1 aliphatic heterocycles. The number of hydrogen-bond acceptors (Lipinski definition) is 4. The van der Waals surface area contributed by atoms with Crippen LogP contribution >= 0.6 is 0 Å². The summed E-state index contributed by atoms with van der Waals surface area (Å²) in [5, 5.41) is 9.95. The van der Waals surface area contributed by atoms with Crippen LogP contribution in [0.4, 0.5) is 4.39 Å². The van der Waals surface area contributed by atoms with Crippen LogP contribution in [0.5, 0.6) is 0 Å². The van der Waals surface area contributed by atoms with E-state index >= 15 is 0 Å². The van der Waals surface area contributed by atoms with E-state index < -0.39 is 18.2 Å². The molecule has 1 saturated carbocycles. The zero-order valence-corrected chi connectivity index (χ0v) is 17.3. The Morgan fingerprint density at radius 1 is 1.13 bits per heavy atom. The molecule has 2 aromatic heterocycles. The number of carboxylic acid groups (broad SMARTS) is 1. The number of rotatable bonds is 10. The third kappa shape index (κ3) is 5.04. The molecule has 3 atom stereocenters. The molecule has 0 spiro atoms. The predicted octanol–water partition coefficient (Wildman–Crippen LogP) is 4.55. The van der Waals surface area contributed by atoms with Crippen molar-refractivity contribution in [2.75, 3.05) is 13.1 Å². The highest BCUT2D eigenvalue weighted by atomic mass is 19.1. The number of unbranched alkanes of at least 4 members (excludes halogenated alkanes) is 1. The minimum Gasteiger partial charge on any atom is -0.480 e. The predicted molar refractivity (Wildman–Crippen MR) is 113 cm³/mol. The van der Waals surface area contributed by atoms with Crippen LogP contribution in [0.15, 0.2) is 42.7 Å². The van der Waals surface area contributed by atoms with Crippen LogP contribution in [0.2, 0.25) is 0 Å². The summed E-state index contributed by atoms with van der Waals surface area (Å²) in [6.07, 6.45) is 8.65. The highest BCUT2D eigenvalue weighted by Crippen LogP contribution is 2.43. The van der Waals surface area contributed by atoms with Gasteiger partial charge in [0.25, 0.3) is 0 Å². The Bertz CT molecular complexity index is 843. The number of aliphatic carboxylic acids is 1. The van der Waals surface area contributed by atoms with E-state index in [-0.39, 0.29) is 5.92 Å². The summed E-state index contributed by atoms with van der Waals surface area (Å²) < 4.78 is 14.9. The number of pyridine rings is 2. The normalized spacial score (nSPS) is 21.4. The lowest BCUT2D eigenvalue weighted by Gasteiger charge is -2.26. The van der Waals surface area contributed by atoms with E-state index in [0.29, 0.717) is 31.8 Å². The zero-order chi connectivity index (χ0) is 20.9. The molecule has 1 saturated heterocycles. The van der Waals surface area contributed by atoms with Crippen molar-refractivity contribution in [3.8, 4) is 0 Å². The van der Waals surface area contributed by atoms with Gasteiger partial charge >= 0.3 is 5.97 Å². The monoisotopic (exact) mass is 411 g/mol. The molecule has 6 heteroatoms. The Labute approximate surface area is 177 Å². The van der Waals surface area contributed by atoms with Crippen molar-refractivity contribution < 1.29 is 14.3 Å². The van der Waals surface area contributed by atoms with Crippen molar-refractivity contribution in [2.24, 2.45) is 5.92 Å². The van der Waals surface area contributed by atoms with Crippen molar-refractivity contribution in [3.05, 3.63) is 59.7 Å². The van der Waals surface area contributed by atoms with Crippen molar-refractivity contribution >= 4 is 5.97 Å². The summed E-state index contributed by atoms with van der Waals surface area (Å²) in [6.45, 7) is 1.12. The largest absolute Gasteiger partial charge is 0.480 e. The van der Waals surface area contributed by atoms with Crippen molar-refractivity contribution in [1.29, 1.82) is 0 Å². The van der Waals surface area contributed by atoms with Crippen molar-refractivity contribution in [1.82, 2.24) is 14.9 Å². The first-order valence-corrected chi connectivity index (χ1v) is 11.1. The lowest BCUT2D eigenvalue weighted by molar-refractivity contribution is -0.143. The Balaban J connectivity index is 1.31. The zero-order valence-electron chi connectivity index (χ0n) is 17.3. The number of aryl methyl sites for hydroxylation is 1. The summed E-state index contributed by atoms with van der Waals surface area (Å²) in [5.74, 6) is -0.575. The molecule has 4 rings (SSSR count). The van der Waals surface area contributed by atoms with Crippen LogP contribution in [0.3, 0.4) is 0 Å². The lowest BCUT2D eigenvalue weighted by atomic mass is 9.97. The van der Waals surface area contributed by atoms with Gasteiger partial charge in [-0.15, -0.1) is 0 Å². The minimum atomic E-state index is -0.884. The topological polar surface area (TPSA) is 66.3 Å². The number of halogens is 1. The Morgan fingerprint density at radius 3 is 2.70 bits per heavy atom. The van der Waals surface area contributed by atoms with Gasteiger partial charge in [0.15, 0.2) is 0 Å². The van der Waals surface area contributed by atoms with Crippen molar-refractivity contribution in [2.45, 2.75) is 63.1 Å². The van der Waals surface area contributed by atoms with Gasteiger partial charge in [-0.05, 0) is 63.3 Å². The van der Waals surface area contributed by atoms with E-state index in [2.05, 4.69) is 9.97 Å². The maximum atomic E-state index is 14.9. The Kier molecular flexibility index (Phi) is 6.72. The van der Waals surface area contributed by atoms with Crippen LogP contribution in [0, 0.1) is 5.92 Å². The van der Waals surface area contributed by atoms with Gasteiger partial charge in [-0.1, -0.05) is 18.6 Å². The standard InChI is InChI=1S/C24H30FN3O2/c25-21(9-2-1-6-19-7-3-4-13-26-19)18-12-15-28(16-18)23(24(29)30)20-8-5-14-27-22(20)17-10-11-17/h3-5,7-8,13-14,17-18,21,23H,1-2,6,9-12,15-16H2,(H,29,30). The SMILES string of the molecule is O=C(O)C(c1cccnc1C1CC1)N1CCC(C(F)CCCCc2ccccn2)C1. The molecule has 2 aromatic rings. The second kappa shape index (κ2) is 9.65. The summed E-state index contributed by atoms with van der Waals surface area (Å²) >= 11 is 0. The van der Waals surface area contributed by atoms with Gasteiger partial charge < -0.3 is 5.11 Å². The van der Waals surface area contributed by atoms with Crippen LogP contribution in [0.25, 0.3) is 0 Å². The third-order valence-corrected chi connectivity index (χ3v) is 6.39. The van der Waals surface area contributed by atoms with Gasteiger partial charge in [-0.2, -0.15) is 0 Å². The molecule has 0 radical (unpaired) electrons. The quantitative estimate of drug-likeness (QED) is 0.581. The average Bonchev–Trinajstić information content (AvgIpc) is 3.49. The number of aromatic nitrogens is 2. The second-order valence-electron chi connectivity index (χ2n) is 8.62. The van der Waals surface area contributed by atoms with Gasteiger partial charge in [-0.25, -0.2) is 4.39 Å². The van der Waals surface area contributed by atoms with E-state index in [1.54, 1.807) is 12.4 Å². The maximum Gasteiger partial charge on any atom is 0.325 e. The van der Waals surface area contributed by atoms with Crippen LogP contribution < -0.4 is 0 Å². The number of likely N-dealkylation sites (tertiary alicyclic amines) is 1. The number of hydrogen-bond donors (Lipinski definition) is 1. The first-order valence-electron chi connectivity index (χ1n) is 11.1. The lowest BCUT2D eigenvalue weighted by Crippen LogP contribution is -2.34. The van der Waals surface area contributed by atoms with Crippen LogP contribution in [-0.4, -0.2) is 45.2 Å². The molecular weight excluding hydrogens is 381 g/mol. The fraction of sp³-hybridized carbons (Fsp3) is 0.542. The number of nitrogens with zero attached hydrogens (tertiary/aromatic N) is 3. The molecule has 5 nitrogen and oxygen atoms in total. The molecular formula is C24H30FN3O2. The Morgan fingerprint density at radius 2 is 1.97 bits per heavy atom. The van der Waals surface area contributed by atoms with E-state index in [4.69, 9.17) is 0 Å². The molecule has 0 bridgehead atoms. The minimum absolute atomic E-state index is 0.0947. The van der Waals surface area contributed by atoms with Crippen LogP contribution in [0.1, 0.15) is 67.4 Å². The smallest absolute Gasteiger partial charge is 0.325 e.